The van der Waals surface area contributed by atoms with Gasteiger partial charge in [-0.25, -0.2) is 4.39 Å². The quantitative estimate of drug-likeness (QED) is 0.628. The van der Waals surface area contributed by atoms with E-state index in [0.29, 0.717) is 6.42 Å². The van der Waals surface area contributed by atoms with E-state index in [4.69, 9.17) is 5.11 Å². The molecule has 1 fully saturated rings. The number of aliphatic hydroxyl groups is 2. The molecule has 0 spiro atoms. The molecule has 1 rings (SSSR count). The Morgan fingerprint density at radius 1 is 1.64 bits per heavy atom. The van der Waals surface area contributed by atoms with Gasteiger partial charge >= 0.3 is 0 Å². The molecule has 1 aliphatic carbocycles. The van der Waals surface area contributed by atoms with Crippen molar-refractivity contribution >= 4 is 0 Å². The van der Waals surface area contributed by atoms with E-state index in [1.165, 1.54) is 0 Å². The molecule has 66 valence electrons. The van der Waals surface area contributed by atoms with Crippen LogP contribution in [0.2, 0.25) is 0 Å². The maximum absolute atomic E-state index is 12.3. The SMILES string of the molecule is C[C@@H]1C[C@H](CO)C[C@]1(O)CF. The van der Waals surface area contributed by atoms with Crippen molar-refractivity contribution in [2.45, 2.75) is 25.4 Å². The van der Waals surface area contributed by atoms with E-state index in [0.717, 1.165) is 6.42 Å². The zero-order chi connectivity index (χ0) is 8.48. The lowest BCUT2D eigenvalue weighted by Gasteiger charge is -2.23. The number of hydrogen-bond acceptors (Lipinski definition) is 2. The Bertz CT molecular complexity index is 140. The van der Waals surface area contributed by atoms with Crippen molar-refractivity contribution in [1.29, 1.82) is 0 Å². The lowest BCUT2D eigenvalue weighted by atomic mass is 9.94. The van der Waals surface area contributed by atoms with Crippen LogP contribution in [0.5, 0.6) is 0 Å². The molecule has 2 nitrogen and oxygen atoms in total. The van der Waals surface area contributed by atoms with Crippen LogP contribution < -0.4 is 0 Å². The number of hydrogen-bond donors (Lipinski definition) is 2. The van der Waals surface area contributed by atoms with Crippen molar-refractivity contribution in [2.24, 2.45) is 11.8 Å². The molecule has 0 radical (unpaired) electrons. The lowest BCUT2D eigenvalue weighted by molar-refractivity contribution is -0.0161. The molecule has 3 heteroatoms. The zero-order valence-corrected chi connectivity index (χ0v) is 6.76. The normalized spacial score (nSPS) is 44.7. The first-order chi connectivity index (χ1) is 5.12. The molecule has 0 bridgehead atoms. The summed E-state index contributed by atoms with van der Waals surface area (Å²) in [6.45, 7) is 1.20. The third-order valence-corrected chi connectivity index (χ3v) is 2.74. The number of halogens is 1. The smallest absolute Gasteiger partial charge is 0.118 e. The molecule has 0 unspecified atom stereocenters. The summed E-state index contributed by atoms with van der Waals surface area (Å²) in [5.74, 6) is 0.0652. The minimum atomic E-state index is -1.16. The number of aliphatic hydroxyl groups excluding tert-OH is 1. The Balaban J connectivity index is 2.57. The van der Waals surface area contributed by atoms with Crippen molar-refractivity contribution < 1.29 is 14.6 Å². The first-order valence-electron chi connectivity index (χ1n) is 4.01. The van der Waals surface area contributed by atoms with Crippen LogP contribution in [0.25, 0.3) is 0 Å². The predicted octanol–water partition coefficient (Wildman–Crippen LogP) is 0.725. The fraction of sp³-hybridized carbons (Fsp3) is 1.00. The van der Waals surface area contributed by atoms with Crippen molar-refractivity contribution in [2.75, 3.05) is 13.3 Å². The van der Waals surface area contributed by atoms with Crippen molar-refractivity contribution in [3.63, 3.8) is 0 Å². The standard InChI is InChI=1S/C8H15FO2/c1-6-2-7(4-10)3-8(6,11)5-9/h6-7,10-11H,2-5H2,1H3/t6-,7+,8+/m1/s1. The van der Waals surface area contributed by atoms with Crippen LogP contribution in [0, 0.1) is 11.8 Å². The summed E-state index contributed by atoms with van der Waals surface area (Å²) >= 11 is 0. The van der Waals surface area contributed by atoms with Crippen LogP contribution >= 0.6 is 0 Å². The fourth-order valence-corrected chi connectivity index (χ4v) is 1.83. The van der Waals surface area contributed by atoms with E-state index in [1.54, 1.807) is 0 Å². The summed E-state index contributed by atoms with van der Waals surface area (Å²) in [5, 5.41) is 18.4. The van der Waals surface area contributed by atoms with Gasteiger partial charge in [0.25, 0.3) is 0 Å². The molecule has 0 heterocycles. The molecule has 1 aliphatic rings. The Hall–Kier alpha value is -0.150. The van der Waals surface area contributed by atoms with E-state index in [2.05, 4.69) is 0 Å². The van der Waals surface area contributed by atoms with E-state index in [9.17, 15) is 9.50 Å². The summed E-state index contributed by atoms with van der Waals surface area (Å²) < 4.78 is 12.3. The number of alkyl halides is 1. The molecule has 2 N–H and O–H groups in total. The molecule has 0 aliphatic heterocycles. The van der Waals surface area contributed by atoms with Crippen molar-refractivity contribution in [3.8, 4) is 0 Å². The van der Waals surface area contributed by atoms with Gasteiger partial charge < -0.3 is 10.2 Å². The lowest BCUT2D eigenvalue weighted by Crippen LogP contribution is -2.34. The van der Waals surface area contributed by atoms with Gasteiger partial charge in [-0.15, -0.1) is 0 Å². The van der Waals surface area contributed by atoms with E-state index in [1.807, 2.05) is 6.92 Å². The molecule has 1 saturated carbocycles. The highest BCUT2D eigenvalue weighted by Gasteiger charge is 2.43. The largest absolute Gasteiger partial charge is 0.396 e. The molecule has 0 aromatic rings. The zero-order valence-electron chi connectivity index (χ0n) is 6.76. The van der Waals surface area contributed by atoms with E-state index >= 15 is 0 Å². The summed E-state index contributed by atoms with van der Waals surface area (Å²) in [6, 6.07) is 0. The highest BCUT2D eigenvalue weighted by atomic mass is 19.1. The summed E-state index contributed by atoms with van der Waals surface area (Å²) in [6.07, 6.45) is 1.14. The average molecular weight is 162 g/mol. The van der Waals surface area contributed by atoms with Crippen molar-refractivity contribution in [1.82, 2.24) is 0 Å². The highest BCUT2D eigenvalue weighted by Crippen LogP contribution is 2.39. The average Bonchev–Trinajstić information content (AvgIpc) is 2.29. The highest BCUT2D eigenvalue weighted by molar-refractivity contribution is 4.93. The van der Waals surface area contributed by atoms with Gasteiger partial charge in [-0.3, -0.25) is 0 Å². The van der Waals surface area contributed by atoms with Gasteiger partial charge in [0.05, 0.1) is 5.60 Å². The Morgan fingerprint density at radius 3 is 2.55 bits per heavy atom. The van der Waals surface area contributed by atoms with E-state index in [-0.39, 0.29) is 18.4 Å². The minimum absolute atomic E-state index is 0.0235. The predicted molar refractivity (Wildman–Crippen MR) is 39.9 cm³/mol. The Kier molecular flexibility index (Phi) is 2.50. The maximum Gasteiger partial charge on any atom is 0.118 e. The van der Waals surface area contributed by atoms with Crippen LogP contribution in [0.4, 0.5) is 4.39 Å². The monoisotopic (exact) mass is 162 g/mol. The van der Waals surface area contributed by atoms with Gasteiger partial charge in [0.2, 0.25) is 0 Å². The second-order valence-corrected chi connectivity index (χ2v) is 3.63. The van der Waals surface area contributed by atoms with Gasteiger partial charge in [0.15, 0.2) is 0 Å². The second kappa shape index (κ2) is 3.07. The molecule has 0 aromatic carbocycles. The Morgan fingerprint density at radius 2 is 2.27 bits per heavy atom. The molecular weight excluding hydrogens is 147 g/mol. The van der Waals surface area contributed by atoms with Crippen LogP contribution in [-0.4, -0.2) is 29.1 Å². The summed E-state index contributed by atoms with van der Waals surface area (Å²) in [4.78, 5) is 0. The van der Waals surface area contributed by atoms with Gasteiger partial charge in [-0.05, 0) is 24.7 Å². The first kappa shape index (κ1) is 8.94. The third kappa shape index (κ3) is 1.54. The second-order valence-electron chi connectivity index (χ2n) is 3.63. The van der Waals surface area contributed by atoms with Crippen LogP contribution in [-0.2, 0) is 0 Å². The van der Waals surface area contributed by atoms with Gasteiger partial charge in [-0.1, -0.05) is 6.92 Å². The van der Waals surface area contributed by atoms with Gasteiger partial charge in [0.1, 0.15) is 6.67 Å². The van der Waals surface area contributed by atoms with E-state index < -0.39 is 12.3 Å². The number of rotatable bonds is 2. The molecule has 0 aromatic heterocycles. The van der Waals surface area contributed by atoms with Crippen LogP contribution in [0.1, 0.15) is 19.8 Å². The summed E-state index contributed by atoms with van der Waals surface area (Å²) in [5.41, 5.74) is -1.16. The molecule has 11 heavy (non-hydrogen) atoms. The topological polar surface area (TPSA) is 40.5 Å². The molecule has 3 atom stereocenters. The minimum Gasteiger partial charge on any atom is -0.396 e. The first-order valence-corrected chi connectivity index (χ1v) is 4.01. The van der Waals surface area contributed by atoms with Crippen LogP contribution in [0.3, 0.4) is 0 Å². The molecule has 0 amide bonds. The van der Waals surface area contributed by atoms with Crippen molar-refractivity contribution in [3.05, 3.63) is 0 Å². The molecule has 0 saturated heterocycles. The van der Waals surface area contributed by atoms with Gasteiger partial charge in [-0.2, -0.15) is 0 Å². The summed E-state index contributed by atoms with van der Waals surface area (Å²) in [7, 11) is 0. The van der Waals surface area contributed by atoms with Crippen LogP contribution in [0.15, 0.2) is 0 Å². The maximum atomic E-state index is 12.3. The molecular formula is C8H15FO2. The van der Waals surface area contributed by atoms with Gasteiger partial charge in [0, 0.05) is 6.61 Å². The third-order valence-electron chi connectivity index (χ3n) is 2.74. The fourth-order valence-electron chi connectivity index (χ4n) is 1.83. The Labute approximate surface area is 66.0 Å².